The number of nitrogens with one attached hydrogen (secondary N) is 1. The van der Waals surface area contributed by atoms with Gasteiger partial charge in [0.1, 0.15) is 19.3 Å². The Morgan fingerprint density at radius 1 is 0.974 bits per heavy atom. The fourth-order valence-corrected chi connectivity index (χ4v) is 4.47. The zero-order valence-corrected chi connectivity index (χ0v) is 22.5. The van der Waals surface area contributed by atoms with Crippen molar-refractivity contribution in [2.45, 2.75) is 33.1 Å². The van der Waals surface area contributed by atoms with Crippen molar-refractivity contribution < 1.29 is 19.0 Å². The first-order valence-corrected chi connectivity index (χ1v) is 12.9. The van der Waals surface area contributed by atoms with Crippen LogP contribution in [0, 0.1) is 0 Å². The minimum atomic E-state index is -0.621. The second-order valence-corrected chi connectivity index (χ2v) is 9.55. The molecule has 1 atom stereocenters. The average molecular weight is 576 g/mol. The molecule has 1 aliphatic heterocycles. The van der Waals surface area contributed by atoms with E-state index in [-0.39, 0.29) is 6.61 Å². The molecule has 0 aliphatic carbocycles. The second-order valence-electron chi connectivity index (χ2n) is 8.63. The standard InChI is InChI=1S/C28H26BrN5O4/c1-3-36-24-15-21(11-14-23(24)37-16-20-9-12-22(29)13-10-20)26-25(18(2)30-28-31-32-33-34(26)28)27(35)38-17-19-7-5-4-6-8-19/h4-15,26H,3,16-17H2,1-2H3,(H,30,31,33). The maximum absolute atomic E-state index is 13.4. The third-order valence-corrected chi connectivity index (χ3v) is 6.57. The van der Waals surface area contributed by atoms with Crippen molar-refractivity contribution in [3.05, 3.63) is 105 Å². The Morgan fingerprint density at radius 2 is 1.74 bits per heavy atom. The van der Waals surface area contributed by atoms with E-state index >= 15 is 0 Å². The van der Waals surface area contributed by atoms with E-state index in [9.17, 15) is 4.79 Å². The van der Waals surface area contributed by atoms with Crippen LogP contribution in [0.4, 0.5) is 5.95 Å². The summed E-state index contributed by atoms with van der Waals surface area (Å²) in [7, 11) is 0. The van der Waals surface area contributed by atoms with Crippen molar-refractivity contribution in [1.82, 2.24) is 20.2 Å². The Balaban J connectivity index is 1.44. The van der Waals surface area contributed by atoms with E-state index in [1.54, 1.807) is 4.68 Å². The Morgan fingerprint density at radius 3 is 2.50 bits per heavy atom. The Hall–Kier alpha value is -4.18. The highest BCUT2D eigenvalue weighted by Crippen LogP contribution is 2.39. The lowest BCUT2D eigenvalue weighted by molar-refractivity contribution is -0.140. The predicted octanol–water partition coefficient (Wildman–Crippen LogP) is 5.45. The van der Waals surface area contributed by atoms with Gasteiger partial charge in [0.25, 0.3) is 0 Å². The molecule has 2 heterocycles. The summed E-state index contributed by atoms with van der Waals surface area (Å²) < 4.78 is 20.3. The fraction of sp³-hybridized carbons (Fsp3) is 0.214. The number of rotatable bonds is 9. The predicted molar refractivity (Wildman–Crippen MR) is 145 cm³/mol. The Labute approximate surface area is 228 Å². The van der Waals surface area contributed by atoms with E-state index in [4.69, 9.17) is 14.2 Å². The maximum Gasteiger partial charge on any atom is 0.338 e. The average Bonchev–Trinajstić information content (AvgIpc) is 3.40. The lowest BCUT2D eigenvalue weighted by Gasteiger charge is -2.28. The van der Waals surface area contributed by atoms with Crippen LogP contribution in [0.2, 0.25) is 0 Å². The van der Waals surface area contributed by atoms with Gasteiger partial charge in [0.15, 0.2) is 11.5 Å². The zero-order chi connectivity index (χ0) is 26.5. The van der Waals surface area contributed by atoms with Crippen LogP contribution < -0.4 is 14.8 Å². The monoisotopic (exact) mass is 575 g/mol. The third kappa shape index (κ3) is 5.55. The largest absolute Gasteiger partial charge is 0.490 e. The summed E-state index contributed by atoms with van der Waals surface area (Å²) in [5.74, 6) is 1.13. The lowest BCUT2D eigenvalue weighted by atomic mass is 9.95. The molecule has 1 N–H and O–H groups in total. The van der Waals surface area contributed by atoms with E-state index in [0.29, 0.717) is 41.9 Å². The summed E-state index contributed by atoms with van der Waals surface area (Å²) in [6, 6.07) is 22.4. The first-order chi connectivity index (χ1) is 18.5. The summed E-state index contributed by atoms with van der Waals surface area (Å²) in [6.45, 7) is 4.70. The molecular weight excluding hydrogens is 550 g/mol. The molecule has 0 saturated heterocycles. The van der Waals surface area contributed by atoms with Gasteiger partial charge in [-0.15, -0.1) is 0 Å². The number of carbonyl (C=O) groups is 1. The number of tetrazole rings is 1. The Kier molecular flexibility index (Phi) is 7.69. The molecule has 3 aromatic carbocycles. The van der Waals surface area contributed by atoms with E-state index in [1.165, 1.54) is 0 Å². The van der Waals surface area contributed by atoms with Crippen molar-refractivity contribution >= 4 is 27.8 Å². The number of benzene rings is 3. The lowest BCUT2D eigenvalue weighted by Crippen LogP contribution is -2.29. The first-order valence-electron chi connectivity index (χ1n) is 12.1. The number of nitrogens with zero attached hydrogens (tertiary/aromatic N) is 4. The maximum atomic E-state index is 13.4. The van der Waals surface area contributed by atoms with Gasteiger partial charge in [-0.25, -0.2) is 4.79 Å². The molecular formula is C28H26BrN5O4. The van der Waals surface area contributed by atoms with Crippen molar-refractivity contribution in [3.8, 4) is 11.5 Å². The number of ether oxygens (including phenoxy) is 3. The number of hydrogen-bond acceptors (Lipinski definition) is 8. The molecule has 5 rings (SSSR count). The molecule has 194 valence electrons. The van der Waals surface area contributed by atoms with Crippen molar-refractivity contribution in [1.29, 1.82) is 0 Å². The summed E-state index contributed by atoms with van der Waals surface area (Å²) in [5, 5.41) is 15.1. The summed E-state index contributed by atoms with van der Waals surface area (Å²) in [6.07, 6.45) is 0. The summed E-state index contributed by atoms with van der Waals surface area (Å²) in [4.78, 5) is 13.4. The van der Waals surface area contributed by atoms with E-state index < -0.39 is 12.0 Å². The molecule has 0 spiro atoms. The topological polar surface area (TPSA) is 100 Å². The molecule has 0 saturated carbocycles. The van der Waals surface area contributed by atoms with Crippen LogP contribution in [-0.2, 0) is 22.7 Å². The summed E-state index contributed by atoms with van der Waals surface area (Å²) in [5.41, 5.74) is 3.70. The molecule has 0 bridgehead atoms. The van der Waals surface area contributed by atoms with Gasteiger partial charge < -0.3 is 19.5 Å². The third-order valence-electron chi connectivity index (χ3n) is 6.04. The van der Waals surface area contributed by atoms with Crippen LogP contribution in [0.3, 0.4) is 0 Å². The van der Waals surface area contributed by atoms with Crippen LogP contribution in [0.15, 0.2) is 88.5 Å². The molecule has 38 heavy (non-hydrogen) atoms. The number of fused-ring (bicyclic) bond motifs is 1. The molecule has 0 fully saturated rings. The van der Waals surface area contributed by atoms with E-state index in [1.807, 2.05) is 86.6 Å². The smallest absolute Gasteiger partial charge is 0.338 e. The summed E-state index contributed by atoms with van der Waals surface area (Å²) >= 11 is 3.45. The van der Waals surface area contributed by atoms with Crippen LogP contribution in [-0.4, -0.2) is 32.8 Å². The SMILES string of the molecule is CCOc1cc(C2C(C(=O)OCc3ccccc3)=C(C)Nc3nnnn32)ccc1OCc1ccc(Br)cc1. The minimum Gasteiger partial charge on any atom is -0.490 e. The highest BCUT2D eigenvalue weighted by Gasteiger charge is 2.35. The number of anilines is 1. The van der Waals surface area contributed by atoms with Crippen molar-refractivity contribution in [3.63, 3.8) is 0 Å². The fourth-order valence-electron chi connectivity index (χ4n) is 4.21. The first kappa shape index (κ1) is 25.5. The molecule has 0 radical (unpaired) electrons. The Bertz CT molecular complexity index is 1450. The van der Waals surface area contributed by atoms with Crippen molar-refractivity contribution in [2.75, 3.05) is 11.9 Å². The highest BCUT2D eigenvalue weighted by molar-refractivity contribution is 9.10. The molecule has 0 amide bonds. The van der Waals surface area contributed by atoms with Crippen LogP contribution in [0.1, 0.15) is 36.6 Å². The highest BCUT2D eigenvalue weighted by atomic mass is 79.9. The normalized spacial score (nSPS) is 14.4. The van der Waals surface area contributed by atoms with Gasteiger partial charge in [-0.1, -0.05) is 69.6 Å². The number of aromatic nitrogens is 4. The minimum absolute atomic E-state index is 0.151. The van der Waals surface area contributed by atoms with Gasteiger partial charge in [0, 0.05) is 10.2 Å². The molecule has 1 aromatic heterocycles. The van der Waals surface area contributed by atoms with Gasteiger partial charge >= 0.3 is 5.97 Å². The van der Waals surface area contributed by atoms with Gasteiger partial charge in [0.2, 0.25) is 5.95 Å². The van der Waals surface area contributed by atoms with Crippen LogP contribution in [0.5, 0.6) is 11.5 Å². The number of carbonyl (C=O) groups excluding carboxylic acids is 1. The van der Waals surface area contributed by atoms with Gasteiger partial charge in [-0.2, -0.15) is 4.68 Å². The molecule has 10 heteroatoms. The molecule has 4 aromatic rings. The van der Waals surface area contributed by atoms with E-state index in [0.717, 1.165) is 21.2 Å². The molecule has 1 aliphatic rings. The second kappa shape index (κ2) is 11.5. The van der Waals surface area contributed by atoms with Crippen LogP contribution >= 0.6 is 15.9 Å². The van der Waals surface area contributed by atoms with E-state index in [2.05, 4.69) is 36.8 Å². The quantitative estimate of drug-likeness (QED) is 0.263. The number of esters is 1. The van der Waals surface area contributed by atoms with Crippen molar-refractivity contribution in [2.24, 2.45) is 0 Å². The number of hydrogen-bond donors (Lipinski definition) is 1. The van der Waals surface area contributed by atoms with Crippen LogP contribution in [0.25, 0.3) is 0 Å². The number of allylic oxidation sites excluding steroid dienone is 1. The number of halogens is 1. The molecule has 1 unspecified atom stereocenters. The zero-order valence-electron chi connectivity index (χ0n) is 20.9. The van der Waals surface area contributed by atoms with Gasteiger partial charge in [0.05, 0.1) is 12.2 Å². The van der Waals surface area contributed by atoms with Gasteiger partial charge in [-0.05, 0) is 65.2 Å². The van der Waals surface area contributed by atoms with Gasteiger partial charge in [-0.3, -0.25) is 0 Å². The molecule has 9 nitrogen and oxygen atoms in total.